The third kappa shape index (κ3) is 4.40. The first-order chi connectivity index (χ1) is 13.7. The number of rotatable bonds is 6. The molecule has 4 rings (SSSR count). The third-order valence-electron chi connectivity index (χ3n) is 4.98. The van der Waals surface area contributed by atoms with E-state index in [0.29, 0.717) is 18.0 Å². The van der Waals surface area contributed by atoms with Gasteiger partial charge < -0.3 is 10.1 Å². The van der Waals surface area contributed by atoms with Gasteiger partial charge in [-0.2, -0.15) is 0 Å². The summed E-state index contributed by atoms with van der Waals surface area (Å²) >= 11 is 1.84. The Bertz CT molecular complexity index is 924. The number of fused-ring (bicyclic) bond motifs is 1. The van der Waals surface area contributed by atoms with E-state index in [0.717, 1.165) is 25.3 Å². The van der Waals surface area contributed by atoms with E-state index < -0.39 is 0 Å². The molecule has 144 valence electrons. The highest BCUT2D eigenvalue weighted by atomic mass is 32.1. The maximum atomic E-state index is 12.4. The topological polar surface area (TPSA) is 54.5 Å². The number of hydrogen-bond donors (Lipinski definition) is 1. The second kappa shape index (κ2) is 8.54. The molecule has 3 heterocycles. The molecule has 1 atom stereocenters. The first kappa shape index (κ1) is 18.7. The highest BCUT2D eigenvalue weighted by molar-refractivity contribution is 7.10. The number of nitrogens with one attached hydrogen (secondary N) is 1. The molecule has 0 spiro atoms. The summed E-state index contributed by atoms with van der Waals surface area (Å²) in [7, 11) is 0. The average Bonchev–Trinajstić information content (AvgIpc) is 3.21. The zero-order valence-electron chi connectivity index (χ0n) is 15.8. The van der Waals surface area contributed by atoms with Gasteiger partial charge in [0.05, 0.1) is 5.56 Å². The summed E-state index contributed by atoms with van der Waals surface area (Å²) in [4.78, 5) is 20.6. The number of carbonyl (C=O) groups is 1. The molecule has 0 aliphatic carbocycles. The van der Waals surface area contributed by atoms with Crippen molar-refractivity contribution in [2.45, 2.75) is 25.9 Å². The van der Waals surface area contributed by atoms with Gasteiger partial charge in [0.1, 0.15) is 5.75 Å². The lowest BCUT2D eigenvalue weighted by atomic mass is 10.1. The van der Waals surface area contributed by atoms with Crippen molar-refractivity contribution < 1.29 is 9.53 Å². The van der Waals surface area contributed by atoms with Crippen molar-refractivity contribution >= 4 is 17.2 Å². The van der Waals surface area contributed by atoms with Gasteiger partial charge in [-0.1, -0.05) is 18.2 Å². The van der Waals surface area contributed by atoms with Crippen LogP contribution in [0, 0.1) is 0 Å². The predicted octanol–water partition coefficient (Wildman–Crippen LogP) is 4.11. The van der Waals surface area contributed by atoms with E-state index in [1.807, 2.05) is 41.7 Å². The van der Waals surface area contributed by atoms with Gasteiger partial charge in [0.15, 0.2) is 0 Å². The van der Waals surface area contributed by atoms with Gasteiger partial charge in [0.2, 0.25) is 5.88 Å². The van der Waals surface area contributed by atoms with Gasteiger partial charge >= 0.3 is 0 Å². The fraction of sp³-hybridized carbons (Fsp3) is 0.273. The molecule has 0 saturated heterocycles. The van der Waals surface area contributed by atoms with Crippen molar-refractivity contribution in [2.75, 3.05) is 13.1 Å². The van der Waals surface area contributed by atoms with Crippen molar-refractivity contribution in [1.29, 1.82) is 0 Å². The van der Waals surface area contributed by atoms with Crippen LogP contribution >= 0.6 is 11.3 Å². The van der Waals surface area contributed by atoms with Gasteiger partial charge in [-0.25, -0.2) is 4.98 Å². The molecule has 1 aliphatic rings. The second-order valence-corrected chi connectivity index (χ2v) is 7.95. The number of pyridine rings is 1. The number of hydrogen-bond acceptors (Lipinski definition) is 5. The van der Waals surface area contributed by atoms with E-state index in [2.05, 4.69) is 33.6 Å². The average molecular weight is 394 g/mol. The monoisotopic (exact) mass is 393 g/mol. The lowest BCUT2D eigenvalue weighted by Crippen LogP contribution is -2.44. The molecular formula is C22H23N3O2S. The number of para-hydroxylation sites is 1. The van der Waals surface area contributed by atoms with Gasteiger partial charge in [-0.15, -0.1) is 11.3 Å². The Balaban J connectivity index is 1.29. The van der Waals surface area contributed by atoms with E-state index in [4.69, 9.17) is 4.74 Å². The van der Waals surface area contributed by atoms with Crippen molar-refractivity contribution in [2.24, 2.45) is 0 Å². The number of thiophene rings is 1. The van der Waals surface area contributed by atoms with Crippen LogP contribution in [0.2, 0.25) is 0 Å². The van der Waals surface area contributed by atoms with Gasteiger partial charge in [-0.3, -0.25) is 9.69 Å². The van der Waals surface area contributed by atoms with Gasteiger partial charge in [0, 0.05) is 42.8 Å². The summed E-state index contributed by atoms with van der Waals surface area (Å²) in [5.74, 6) is 1.08. The number of carbonyl (C=O) groups excluding carboxylic acids is 1. The van der Waals surface area contributed by atoms with E-state index in [9.17, 15) is 4.79 Å². The van der Waals surface area contributed by atoms with Crippen LogP contribution in [0.3, 0.4) is 0 Å². The maximum Gasteiger partial charge on any atom is 0.252 e. The molecule has 1 unspecified atom stereocenters. The molecule has 1 amide bonds. The van der Waals surface area contributed by atoms with Crippen LogP contribution in [0.4, 0.5) is 0 Å². The quantitative estimate of drug-likeness (QED) is 0.685. The Hall–Kier alpha value is -2.70. The van der Waals surface area contributed by atoms with E-state index in [1.165, 1.54) is 10.4 Å². The molecule has 1 N–H and O–H groups in total. The molecule has 5 nitrogen and oxygen atoms in total. The van der Waals surface area contributed by atoms with Gasteiger partial charge in [-0.05, 0) is 48.6 Å². The van der Waals surface area contributed by atoms with Crippen LogP contribution < -0.4 is 10.1 Å². The predicted molar refractivity (Wildman–Crippen MR) is 111 cm³/mol. The Labute approximate surface area is 169 Å². The summed E-state index contributed by atoms with van der Waals surface area (Å²) in [6.07, 6.45) is 2.65. The number of nitrogens with zero attached hydrogens (tertiary/aromatic N) is 2. The van der Waals surface area contributed by atoms with Gasteiger partial charge in [0.25, 0.3) is 5.91 Å². The zero-order chi connectivity index (χ0) is 19.3. The molecule has 0 saturated carbocycles. The fourth-order valence-corrected chi connectivity index (χ4v) is 4.19. The Kier molecular flexibility index (Phi) is 5.69. The maximum absolute atomic E-state index is 12.4. The van der Waals surface area contributed by atoms with Crippen molar-refractivity contribution in [1.82, 2.24) is 15.2 Å². The molecular weight excluding hydrogens is 370 g/mol. The molecule has 0 fully saturated rings. The normalized spacial score (nSPS) is 14.9. The molecule has 28 heavy (non-hydrogen) atoms. The summed E-state index contributed by atoms with van der Waals surface area (Å²) in [5.41, 5.74) is 1.96. The standard InChI is InChI=1S/C22H23N3O2S/c1-16(25-11-9-20-18(15-25)10-12-28-20)13-24-22(26)17-7-8-21(23-14-17)27-19-5-3-2-4-6-19/h2-8,10,12,14,16H,9,11,13,15H2,1H3,(H,24,26). The highest BCUT2D eigenvalue weighted by Gasteiger charge is 2.21. The molecule has 0 bridgehead atoms. The van der Waals surface area contributed by atoms with Crippen LogP contribution in [0.5, 0.6) is 11.6 Å². The van der Waals surface area contributed by atoms with Crippen LogP contribution in [-0.4, -0.2) is 34.9 Å². The summed E-state index contributed by atoms with van der Waals surface area (Å²) < 4.78 is 5.66. The number of aromatic nitrogens is 1. The van der Waals surface area contributed by atoms with Crippen molar-refractivity contribution in [3.05, 3.63) is 76.1 Å². The second-order valence-electron chi connectivity index (χ2n) is 6.95. The first-order valence-electron chi connectivity index (χ1n) is 9.45. The fourth-order valence-electron chi connectivity index (χ4n) is 3.30. The number of ether oxygens (including phenoxy) is 1. The smallest absolute Gasteiger partial charge is 0.252 e. The highest BCUT2D eigenvalue weighted by Crippen LogP contribution is 2.25. The Morgan fingerprint density at radius 1 is 1.25 bits per heavy atom. The van der Waals surface area contributed by atoms with Crippen LogP contribution in [-0.2, 0) is 13.0 Å². The van der Waals surface area contributed by atoms with Crippen molar-refractivity contribution in [3.8, 4) is 11.6 Å². The molecule has 6 heteroatoms. The zero-order valence-corrected chi connectivity index (χ0v) is 16.6. The third-order valence-corrected chi connectivity index (χ3v) is 6.01. The lowest BCUT2D eigenvalue weighted by molar-refractivity contribution is 0.0932. The molecule has 1 aromatic carbocycles. The van der Waals surface area contributed by atoms with Crippen LogP contribution in [0.25, 0.3) is 0 Å². The summed E-state index contributed by atoms with van der Waals surface area (Å²) in [5, 5.41) is 5.19. The largest absolute Gasteiger partial charge is 0.439 e. The SMILES string of the molecule is CC(CNC(=O)c1ccc(Oc2ccccc2)nc1)N1CCc2sccc2C1. The summed E-state index contributed by atoms with van der Waals surface area (Å²) in [6.45, 7) is 4.77. The van der Waals surface area contributed by atoms with Crippen LogP contribution in [0.15, 0.2) is 60.1 Å². The molecule has 3 aromatic rings. The molecule has 1 aliphatic heterocycles. The van der Waals surface area contributed by atoms with E-state index in [1.54, 1.807) is 18.3 Å². The van der Waals surface area contributed by atoms with Crippen LogP contribution in [0.1, 0.15) is 27.7 Å². The number of benzene rings is 1. The minimum atomic E-state index is -0.112. The van der Waals surface area contributed by atoms with E-state index in [-0.39, 0.29) is 11.9 Å². The van der Waals surface area contributed by atoms with Crippen molar-refractivity contribution in [3.63, 3.8) is 0 Å². The first-order valence-corrected chi connectivity index (χ1v) is 10.3. The minimum Gasteiger partial charge on any atom is -0.439 e. The minimum absolute atomic E-state index is 0.112. The molecule has 0 radical (unpaired) electrons. The Morgan fingerprint density at radius 2 is 2.11 bits per heavy atom. The lowest BCUT2D eigenvalue weighted by Gasteiger charge is -2.32. The Morgan fingerprint density at radius 3 is 2.89 bits per heavy atom. The molecule has 2 aromatic heterocycles. The van der Waals surface area contributed by atoms with E-state index >= 15 is 0 Å². The number of amides is 1. The summed E-state index contributed by atoms with van der Waals surface area (Å²) in [6, 6.07) is 15.4.